The molecule has 5 N–H and O–H groups in total. The average molecular weight is 386 g/mol. The number of hydrogen-bond donors (Lipinski definition) is 4. The average Bonchev–Trinajstić information content (AvgIpc) is 2.58. The van der Waals surface area contributed by atoms with Crippen LogP contribution in [-0.4, -0.2) is 21.7 Å². The molecule has 0 aromatic heterocycles. The predicted molar refractivity (Wildman–Crippen MR) is 101 cm³/mol. The maximum Gasteiger partial charge on any atom is 0.384 e. The molecule has 0 aliphatic carbocycles. The molecular formula is C18H28FN2O4P. The fraction of sp³-hybridized carbons (Fsp3) is 0.500. The van der Waals surface area contributed by atoms with Gasteiger partial charge in [0.2, 0.25) is 11.5 Å². The second kappa shape index (κ2) is 11.2. The van der Waals surface area contributed by atoms with Crippen LogP contribution < -0.4 is 11.1 Å². The fourth-order valence-electron chi connectivity index (χ4n) is 2.41. The number of aryl methyl sites for hydroxylation is 1. The van der Waals surface area contributed by atoms with E-state index in [1.165, 1.54) is 32.1 Å². The highest BCUT2D eigenvalue weighted by molar-refractivity contribution is 7.56. The van der Waals surface area contributed by atoms with Crippen molar-refractivity contribution < 1.29 is 23.5 Å². The summed E-state index contributed by atoms with van der Waals surface area (Å²) >= 11 is 0. The molecule has 0 radical (unpaired) electrons. The molecule has 0 aliphatic rings. The molecule has 146 valence electrons. The van der Waals surface area contributed by atoms with Gasteiger partial charge >= 0.3 is 7.60 Å². The number of carbonyl (C=O) groups is 1. The van der Waals surface area contributed by atoms with Gasteiger partial charge in [-0.15, -0.1) is 0 Å². The highest BCUT2D eigenvalue weighted by atomic mass is 31.2. The fourth-order valence-corrected chi connectivity index (χ4v) is 2.77. The van der Waals surface area contributed by atoms with Gasteiger partial charge in [-0.25, -0.2) is 0 Å². The van der Waals surface area contributed by atoms with E-state index >= 15 is 0 Å². The van der Waals surface area contributed by atoms with Crippen LogP contribution in [0, 0.1) is 0 Å². The Morgan fingerprint density at radius 1 is 1.19 bits per heavy atom. The second-order valence-corrected chi connectivity index (χ2v) is 7.78. The van der Waals surface area contributed by atoms with E-state index in [1.54, 1.807) is 12.1 Å². The molecule has 0 unspecified atom stereocenters. The van der Waals surface area contributed by atoms with Crippen LogP contribution in [0.15, 0.2) is 35.9 Å². The van der Waals surface area contributed by atoms with E-state index in [0.717, 1.165) is 18.4 Å². The van der Waals surface area contributed by atoms with Crippen molar-refractivity contribution in [3.05, 3.63) is 41.5 Å². The van der Waals surface area contributed by atoms with Gasteiger partial charge in [-0.2, -0.15) is 4.39 Å². The zero-order valence-electron chi connectivity index (χ0n) is 15.0. The number of anilines is 1. The smallest absolute Gasteiger partial charge is 0.324 e. The molecule has 1 atom stereocenters. The number of rotatable bonds is 11. The van der Waals surface area contributed by atoms with Crippen molar-refractivity contribution in [3.8, 4) is 0 Å². The molecule has 8 heteroatoms. The third-order valence-electron chi connectivity index (χ3n) is 3.94. The van der Waals surface area contributed by atoms with Crippen LogP contribution in [0.2, 0.25) is 0 Å². The topological polar surface area (TPSA) is 113 Å². The number of nitrogens with one attached hydrogen (secondary N) is 1. The molecule has 0 saturated heterocycles. The van der Waals surface area contributed by atoms with Crippen molar-refractivity contribution in [2.75, 3.05) is 5.32 Å². The lowest BCUT2D eigenvalue weighted by atomic mass is 10.0. The SMILES string of the molecule is CCCCCCCCc1ccc(NC(=O)[C@H](N)C=C(F)P(=O)(O)O)cc1. The van der Waals surface area contributed by atoms with Crippen molar-refractivity contribution in [2.45, 2.75) is 57.9 Å². The Balaban J connectivity index is 2.46. The van der Waals surface area contributed by atoms with E-state index in [4.69, 9.17) is 15.5 Å². The number of hydrogen-bond acceptors (Lipinski definition) is 3. The summed E-state index contributed by atoms with van der Waals surface area (Å²) in [6.07, 6.45) is 8.75. The normalized spacial score (nSPS) is 13.5. The molecule has 0 bridgehead atoms. The highest BCUT2D eigenvalue weighted by Crippen LogP contribution is 2.45. The first-order chi connectivity index (χ1) is 12.2. The Morgan fingerprint density at radius 2 is 1.77 bits per heavy atom. The monoisotopic (exact) mass is 386 g/mol. The standard InChI is InChI=1S/C18H28FN2O4P/c1-2-3-4-5-6-7-8-14-9-11-15(12-10-14)21-18(22)16(20)13-17(19)26(23,24)25/h9-13,16H,2-8,20H2,1H3,(H,21,22)(H2,23,24,25)/t16-/m1/s1. The summed E-state index contributed by atoms with van der Waals surface area (Å²) in [7, 11) is -5.03. The zero-order chi connectivity index (χ0) is 19.6. The van der Waals surface area contributed by atoms with Crippen LogP contribution in [0.3, 0.4) is 0 Å². The van der Waals surface area contributed by atoms with Crippen LogP contribution in [0.25, 0.3) is 0 Å². The van der Waals surface area contributed by atoms with E-state index < -0.39 is 25.1 Å². The van der Waals surface area contributed by atoms with Crippen LogP contribution in [0.1, 0.15) is 51.0 Å². The summed E-state index contributed by atoms with van der Waals surface area (Å²) < 4.78 is 23.9. The first-order valence-corrected chi connectivity index (χ1v) is 10.4. The number of benzene rings is 1. The van der Waals surface area contributed by atoms with E-state index in [9.17, 15) is 13.8 Å². The van der Waals surface area contributed by atoms with Crippen molar-refractivity contribution in [1.29, 1.82) is 0 Å². The number of amides is 1. The van der Waals surface area contributed by atoms with Gasteiger partial charge in [-0.3, -0.25) is 9.36 Å². The third-order valence-corrected chi connectivity index (χ3v) is 4.64. The maximum atomic E-state index is 13.2. The number of halogens is 1. The van der Waals surface area contributed by atoms with Gasteiger partial charge in [0.25, 0.3) is 0 Å². The van der Waals surface area contributed by atoms with Crippen molar-refractivity contribution >= 4 is 19.2 Å². The van der Waals surface area contributed by atoms with Crippen molar-refractivity contribution in [2.24, 2.45) is 5.73 Å². The predicted octanol–water partition coefficient (Wildman–Crippen LogP) is 3.84. The lowest BCUT2D eigenvalue weighted by Crippen LogP contribution is -2.34. The van der Waals surface area contributed by atoms with Crippen LogP contribution in [0.4, 0.5) is 10.1 Å². The molecule has 1 rings (SSSR count). The molecule has 1 amide bonds. The van der Waals surface area contributed by atoms with Gasteiger partial charge in [0.05, 0.1) is 0 Å². The summed E-state index contributed by atoms with van der Waals surface area (Å²) in [4.78, 5) is 29.2. The van der Waals surface area contributed by atoms with Gasteiger partial charge in [0.15, 0.2) is 0 Å². The summed E-state index contributed by atoms with van der Waals surface area (Å²) in [6, 6.07) is 5.75. The molecule has 0 saturated carbocycles. The first-order valence-electron chi connectivity index (χ1n) is 8.83. The zero-order valence-corrected chi connectivity index (χ0v) is 15.9. The van der Waals surface area contributed by atoms with E-state index in [2.05, 4.69) is 12.2 Å². The number of unbranched alkanes of at least 4 members (excludes halogenated alkanes) is 5. The summed E-state index contributed by atoms with van der Waals surface area (Å²) in [5.41, 5.74) is 5.37. The van der Waals surface area contributed by atoms with Gasteiger partial charge in [0.1, 0.15) is 6.04 Å². The molecular weight excluding hydrogens is 358 g/mol. The minimum absolute atomic E-state index is 0.420. The summed E-state index contributed by atoms with van der Waals surface area (Å²) in [5.74, 6) is -0.753. The maximum absolute atomic E-state index is 13.2. The Labute approximate surface area is 153 Å². The quantitative estimate of drug-likeness (QED) is 0.341. The number of nitrogens with two attached hydrogens (primary N) is 1. The van der Waals surface area contributed by atoms with Crippen LogP contribution in [-0.2, 0) is 15.8 Å². The van der Waals surface area contributed by atoms with Crippen molar-refractivity contribution in [1.82, 2.24) is 0 Å². The molecule has 1 aromatic carbocycles. The lowest BCUT2D eigenvalue weighted by Gasteiger charge is -2.10. The molecule has 0 aliphatic heterocycles. The lowest BCUT2D eigenvalue weighted by molar-refractivity contribution is -0.116. The Morgan fingerprint density at radius 3 is 2.35 bits per heavy atom. The Kier molecular flexibility index (Phi) is 9.73. The molecule has 26 heavy (non-hydrogen) atoms. The van der Waals surface area contributed by atoms with E-state index in [-0.39, 0.29) is 0 Å². The van der Waals surface area contributed by atoms with Gasteiger partial charge in [-0.05, 0) is 36.6 Å². The largest absolute Gasteiger partial charge is 0.384 e. The minimum Gasteiger partial charge on any atom is -0.324 e. The Hall–Kier alpha value is -1.53. The Bertz CT molecular complexity index is 643. The van der Waals surface area contributed by atoms with Crippen LogP contribution >= 0.6 is 7.60 Å². The van der Waals surface area contributed by atoms with E-state index in [0.29, 0.717) is 11.8 Å². The molecule has 1 aromatic rings. The van der Waals surface area contributed by atoms with Crippen LogP contribution in [0.5, 0.6) is 0 Å². The molecule has 0 fully saturated rings. The molecule has 6 nitrogen and oxygen atoms in total. The third kappa shape index (κ3) is 8.72. The van der Waals surface area contributed by atoms with Gasteiger partial charge < -0.3 is 20.8 Å². The van der Waals surface area contributed by atoms with Crippen molar-refractivity contribution in [3.63, 3.8) is 0 Å². The van der Waals surface area contributed by atoms with Gasteiger partial charge in [-0.1, -0.05) is 51.2 Å². The van der Waals surface area contributed by atoms with E-state index in [1.807, 2.05) is 12.1 Å². The summed E-state index contributed by atoms with van der Waals surface area (Å²) in [5, 5.41) is 2.49. The molecule has 0 spiro atoms. The minimum atomic E-state index is -5.03. The number of carbonyl (C=O) groups excluding carboxylic acids is 1. The summed E-state index contributed by atoms with van der Waals surface area (Å²) in [6.45, 7) is 2.19. The first kappa shape index (κ1) is 22.5. The van der Waals surface area contributed by atoms with Gasteiger partial charge in [0, 0.05) is 5.69 Å². The highest BCUT2D eigenvalue weighted by Gasteiger charge is 2.23. The second-order valence-electron chi connectivity index (χ2n) is 6.26. The molecule has 0 heterocycles.